The number of fused-ring (bicyclic) bond motifs is 2. The van der Waals surface area contributed by atoms with Gasteiger partial charge in [0.2, 0.25) is 0 Å². The predicted molar refractivity (Wildman–Crippen MR) is 136 cm³/mol. The second-order valence-corrected chi connectivity index (χ2v) is 10.2. The van der Waals surface area contributed by atoms with Crippen LogP contribution in [0.4, 0.5) is 0 Å². The van der Waals surface area contributed by atoms with Crippen LogP contribution in [-0.4, -0.2) is 38.6 Å². The second kappa shape index (κ2) is 9.77. The summed E-state index contributed by atoms with van der Waals surface area (Å²) in [6.45, 7) is 2.04. The number of amides is 2. The average molecular weight is 523 g/mol. The summed E-state index contributed by atoms with van der Waals surface area (Å²) in [5.41, 5.74) is 0. The molecule has 10 heteroatoms. The third-order valence-corrected chi connectivity index (χ3v) is 8.34. The summed E-state index contributed by atoms with van der Waals surface area (Å²) in [7, 11) is 3.17. The molecule has 1 atom stereocenters. The van der Waals surface area contributed by atoms with Crippen LogP contribution in [0.25, 0.3) is 20.2 Å². The van der Waals surface area contributed by atoms with Crippen molar-refractivity contribution in [1.29, 1.82) is 0 Å². The normalized spacial score (nSPS) is 12.0. The Morgan fingerprint density at radius 1 is 0.879 bits per heavy atom. The monoisotopic (exact) mass is 522 g/mol. The second-order valence-electron chi connectivity index (χ2n) is 7.30. The largest absolute Gasteiger partial charge is 0.497 e. The SMILES string of the molecule is COc1ccc2c(Cl)c(C(=O)NC[C@H](C)NC(=O)c3sc4cc(OC)ccc4c3Cl)sc2c1. The number of rotatable bonds is 7. The number of ether oxygens (including phenoxy) is 2. The first-order valence-electron chi connectivity index (χ1n) is 9.93. The van der Waals surface area contributed by atoms with Crippen LogP contribution in [0.5, 0.6) is 11.5 Å². The third-order valence-electron chi connectivity index (χ3n) is 5.03. The van der Waals surface area contributed by atoms with Crippen molar-refractivity contribution in [2.24, 2.45) is 0 Å². The summed E-state index contributed by atoms with van der Waals surface area (Å²) in [6, 6.07) is 10.6. The van der Waals surface area contributed by atoms with Crippen LogP contribution < -0.4 is 20.1 Å². The Hall–Kier alpha value is -2.52. The van der Waals surface area contributed by atoms with Crippen molar-refractivity contribution in [2.45, 2.75) is 13.0 Å². The molecule has 0 aliphatic heterocycles. The predicted octanol–water partition coefficient (Wildman–Crippen LogP) is 5.99. The molecule has 6 nitrogen and oxygen atoms in total. The number of hydrogen-bond donors (Lipinski definition) is 2. The fourth-order valence-electron chi connectivity index (χ4n) is 3.30. The molecule has 4 aromatic rings. The van der Waals surface area contributed by atoms with E-state index in [1.807, 2.05) is 24.3 Å². The molecule has 0 saturated carbocycles. The fourth-order valence-corrected chi connectivity index (χ4v) is 6.21. The molecule has 2 heterocycles. The molecule has 2 N–H and O–H groups in total. The zero-order valence-corrected chi connectivity index (χ0v) is 21.1. The van der Waals surface area contributed by atoms with Crippen LogP contribution in [0.1, 0.15) is 26.3 Å². The Bertz CT molecular complexity index is 1370. The highest BCUT2D eigenvalue weighted by Crippen LogP contribution is 2.38. The van der Waals surface area contributed by atoms with Crippen molar-refractivity contribution in [1.82, 2.24) is 10.6 Å². The van der Waals surface area contributed by atoms with E-state index in [9.17, 15) is 9.59 Å². The van der Waals surface area contributed by atoms with E-state index >= 15 is 0 Å². The Morgan fingerprint density at radius 2 is 1.36 bits per heavy atom. The summed E-state index contributed by atoms with van der Waals surface area (Å²) in [5, 5.41) is 8.12. The van der Waals surface area contributed by atoms with Crippen LogP contribution in [0, 0.1) is 0 Å². The maximum absolute atomic E-state index is 12.8. The number of methoxy groups -OCH3 is 2. The van der Waals surface area contributed by atoms with E-state index in [0.29, 0.717) is 31.3 Å². The summed E-state index contributed by atoms with van der Waals surface area (Å²) in [5.74, 6) is 0.797. The summed E-state index contributed by atoms with van der Waals surface area (Å²) in [4.78, 5) is 26.3. The lowest BCUT2D eigenvalue weighted by molar-refractivity contribution is 0.0916. The van der Waals surface area contributed by atoms with Crippen molar-refractivity contribution >= 4 is 77.9 Å². The standard InChI is InChI=1S/C23H20Cl2N2O4S2/c1-11(27-23(29)21-19(25)15-7-5-13(31-3)9-17(15)33-21)10-26-22(28)20-18(24)14-6-4-12(30-2)8-16(14)32-20/h4-9,11H,10H2,1-3H3,(H,26,28)(H,27,29)/t11-/m0/s1. The van der Waals surface area contributed by atoms with Gasteiger partial charge in [-0.05, 0) is 43.3 Å². The van der Waals surface area contributed by atoms with Crippen molar-refractivity contribution < 1.29 is 19.1 Å². The molecule has 0 aliphatic rings. The van der Waals surface area contributed by atoms with Crippen molar-refractivity contribution in [3.05, 3.63) is 56.2 Å². The molecule has 2 aromatic heterocycles. The van der Waals surface area contributed by atoms with Gasteiger partial charge >= 0.3 is 0 Å². The fraction of sp³-hybridized carbons (Fsp3) is 0.217. The minimum Gasteiger partial charge on any atom is -0.497 e. The van der Waals surface area contributed by atoms with Gasteiger partial charge in [-0.3, -0.25) is 9.59 Å². The van der Waals surface area contributed by atoms with Gasteiger partial charge in [-0.25, -0.2) is 0 Å². The number of halogens is 2. The highest BCUT2D eigenvalue weighted by molar-refractivity contribution is 7.22. The van der Waals surface area contributed by atoms with Gasteiger partial charge in [0.1, 0.15) is 21.3 Å². The van der Waals surface area contributed by atoms with E-state index in [-0.39, 0.29) is 24.4 Å². The lowest BCUT2D eigenvalue weighted by Gasteiger charge is -2.14. The van der Waals surface area contributed by atoms with Crippen molar-refractivity contribution in [3.8, 4) is 11.5 Å². The van der Waals surface area contributed by atoms with Gasteiger partial charge in [-0.15, -0.1) is 22.7 Å². The van der Waals surface area contributed by atoms with E-state index in [1.54, 1.807) is 33.3 Å². The Kier molecular flexibility index (Phi) is 6.99. The van der Waals surface area contributed by atoms with E-state index < -0.39 is 0 Å². The van der Waals surface area contributed by atoms with Crippen molar-refractivity contribution in [2.75, 3.05) is 20.8 Å². The van der Waals surface area contributed by atoms with Gasteiger partial charge in [0.25, 0.3) is 11.8 Å². The summed E-state index contributed by atoms with van der Waals surface area (Å²) >= 11 is 15.4. The number of hydrogen-bond acceptors (Lipinski definition) is 6. The lowest BCUT2D eigenvalue weighted by Crippen LogP contribution is -2.41. The zero-order valence-electron chi connectivity index (χ0n) is 18.0. The van der Waals surface area contributed by atoms with Crippen LogP contribution in [-0.2, 0) is 0 Å². The number of carbonyl (C=O) groups is 2. The number of carbonyl (C=O) groups excluding carboxylic acids is 2. The Labute approximate surface area is 208 Å². The molecule has 0 unspecified atom stereocenters. The van der Waals surface area contributed by atoms with E-state index in [0.717, 1.165) is 20.2 Å². The molecule has 2 aromatic carbocycles. The minimum atomic E-state index is -0.328. The van der Waals surface area contributed by atoms with E-state index in [2.05, 4.69) is 10.6 Å². The van der Waals surface area contributed by atoms with E-state index in [4.69, 9.17) is 32.7 Å². The first-order chi connectivity index (χ1) is 15.8. The molecule has 0 saturated heterocycles. The Morgan fingerprint density at radius 3 is 1.85 bits per heavy atom. The molecule has 4 rings (SSSR count). The van der Waals surface area contributed by atoms with E-state index in [1.165, 1.54) is 22.7 Å². The Balaban J connectivity index is 1.41. The number of thiophene rings is 2. The van der Waals surface area contributed by atoms with Crippen LogP contribution in [0.3, 0.4) is 0 Å². The van der Waals surface area contributed by atoms with Gasteiger partial charge < -0.3 is 20.1 Å². The van der Waals surface area contributed by atoms with Gasteiger partial charge in [0.15, 0.2) is 0 Å². The molecule has 2 amide bonds. The lowest BCUT2D eigenvalue weighted by atomic mass is 10.2. The summed E-state index contributed by atoms with van der Waals surface area (Å²) < 4.78 is 12.2. The molecule has 0 radical (unpaired) electrons. The molecule has 0 spiro atoms. The molecule has 0 fully saturated rings. The quantitative estimate of drug-likeness (QED) is 0.312. The van der Waals surface area contributed by atoms with Crippen molar-refractivity contribution in [3.63, 3.8) is 0 Å². The number of nitrogens with one attached hydrogen (secondary N) is 2. The highest BCUT2D eigenvalue weighted by Gasteiger charge is 2.21. The molecule has 172 valence electrons. The summed E-state index contributed by atoms with van der Waals surface area (Å²) in [6.07, 6.45) is 0. The van der Waals surface area contributed by atoms with Crippen LogP contribution in [0.2, 0.25) is 10.0 Å². The molecule has 33 heavy (non-hydrogen) atoms. The van der Waals surface area contributed by atoms with Gasteiger partial charge in [-0.1, -0.05) is 23.2 Å². The highest BCUT2D eigenvalue weighted by atomic mass is 35.5. The molecule has 0 aliphatic carbocycles. The first-order valence-corrected chi connectivity index (χ1v) is 12.3. The van der Waals surface area contributed by atoms with Gasteiger partial charge in [0, 0.05) is 32.8 Å². The minimum absolute atomic E-state index is 0.231. The molecular formula is C23H20Cl2N2O4S2. The number of benzene rings is 2. The maximum atomic E-state index is 12.8. The third kappa shape index (κ3) is 4.75. The van der Waals surface area contributed by atoms with Crippen LogP contribution in [0.15, 0.2) is 36.4 Å². The van der Waals surface area contributed by atoms with Crippen LogP contribution >= 0.6 is 45.9 Å². The average Bonchev–Trinajstić information content (AvgIpc) is 3.33. The smallest absolute Gasteiger partial charge is 0.263 e. The van der Waals surface area contributed by atoms with Gasteiger partial charge in [-0.2, -0.15) is 0 Å². The molecular weight excluding hydrogens is 503 g/mol. The van der Waals surface area contributed by atoms with Gasteiger partial charge in [0.05, 0.1) is 24.3 Å². The topological polar surface area (TPSA) is 76.7 Å². The maximum Gasteiger partial charge on any atom is 0.263 e. The molecule has 0 bridgehead atoms. The first kappa shape index (κ1) is 23.6. The zero-order chi connectivity index (χ0) is 23.7.